The first-order valence-electron chi connectivity index (χ1n) is 7.40. The minimum atomic E-state index is -6.39. The van der Waals surface area contributed by atoms with Crippen molar-refractivity contribution in [2.75, 3.05) is 0 Å². The van der Waals surface area contributed by atoms with Crippen LogP contribution in [-0.4, -0.2) is 24.1 Å². The zero-order valence-corrected chi connectivity index (χ0v) is 12.3. The molecule has 124 valence electrons. The summed E-state index contributed by atoms with van der Waals surface area (Å²) in [5.41, 5.74) is -0.0394. The fourth-order valence-electron chi connectivity index (χ4n) is 5.92. The highest BCUT2D eigenvalue weighted by molar-refractivity contribution is 7.86. The van der Waals surface area contributed by atoms with Crippen molar-refractivity contribution in [2.45, 2.75) is 36.9 Å². The molecule has 4 bridgehead atoms. The lowest BCUT2D eigenvalue weighted by Gasteiger charge is -2.61. The molecule has 0 aromatic carbocycles. The average Bonchev–Trinajstić information content (AvgIpc) is 2.91. The standard InChI is InChI=1S/C14H16F4O3S/c15-13(16,14(17,18)22(19,20)21)10-5-8-4-9(10)11-7-2-1-3-12(8,11)6-7/h1-2,7-11H,3-6H2,(H,19,20,21)/p-1. The first-order chi connectivity index (χ1) is 10.0. The lowest BCUT2D eigenvalue weighted by Crippen LogP contribution is -2.60. The third-order valence-electron chi connectivity index (χ3n) is 6.68. The van der Waals surface area contributed by atoms with Crippen molar-refractivity contribution in [3.63, 3.8) is 0 Å². The molecule has 0 N–H and O–H groups in total. The summed E-state index contributed by atoms with van der Waals surface area (Å²) < 4.78 is 87.4. The van der Waals surface area contributed by atoms with E-state index >= 15 is 0 Å². The van der Waals surface area contributed by atoms with Crippen molar-refractivity contribution in [1.29, 1.82) is 0 Å². The predicted octanol–water partition coefficient (Wildman–Crippen LogP) is 3.00. The highest BCUT2D eigenvalue weighted by atomic mass is 32.2. The summed E-state index contributed by atoms with van der Waals surface area (Å²) in [6.45, 7) is 0. The van der Waals surface area contributed by atoms with Gasteiger partial charge in [0.2, 0.25) is 0 Å². The quantitative estimate of drug-likeness (QED) is 0.451. The van der Waals surface area contributed by atoms with Gasteiger partial charge in [0.15, 0.2) is 10.1 Å². The second kappa shape index (κ2) is 3.88. The second-order valence-corrected chi connectivity index (χ2v) is 8.71. The molecule has 0 spiro atoms. The van der Waals surface area contributed by atoms with Crippen molar-refractivity contribution < 1.29 is 30.5 Å². The van der Waals surface area contributed by atoms with Gasteiger partial charge in [-0.1, -0.05) is 12.2 Å². The van der Waals surface area contributed by atoms with Crippen molar-refractivity contribution in [1.82, 2.24) is 0 Å². The predicted molar refractivity (Wildman–Crippen MR) is 67.1 cm³/mol. The smallest absolute Gasteiger partial charge is 0.396 e. The summed E-state index contributed by atoms with van der Waals surface area (Å²) in [6, 6.07) is 0. The maximum atomic E-state index is 14.2. The van der Waals surface area contributed by atoms with E-state index in [1.165, 1.54) is 0 Å². The highest BCUT2D eigenvalue weighted by Gasteiger charge is 2.76. The fraction of sp³-hybridized carbons (Fsp3) is 0.857. The molecule has 3 nitrogen and oxygen atoms in total. The molecular weight excluding hydrogens is 324 g/mol. The molecule has 6 unspecified atom stereocenters. The molecule has 0 saturated heterocycles. The molecule has 22 heavy (non-hydrogen) atoms. The first kappa shape index (κ1) is 14.9. The van der Waals surface area contributed by atoms with E-state index in [0.717, 1.165) is 12.8 Å². The third kappa shape index (κ3) is 1.44. The third-order valence-corrected chi connectivity index (χ3v) is 7.58. The number of hydrogen-bond donors (Lipinski definition) is 0. The molecule has 4 aliphatic rings. The van der Waals surface area contributed by atoms with E-state index in [9.17, 15) is 30.5 Å². The van der Waals surface area contributed by atoms with Gasteiger partial charge in [0, 0.05) is 5.92 Å². The van der Waals surface area contributed by atoms with Gasteiger partial charge in [-0.2, -0.15) is 17.6 Å². The molecule has 3 fully saturated rings. The van der Waals surface area contributed by atoms with Crippen molar-refractivity contribution in [3.8, 4) is 0 Å². The second-order valence-electron chi connectivity index (χ2n) is 7.29. The van der Waals surface area contributed by atoms with E-state index < -0.39 is 33.1 Å². The fourth-order valence-corrected chi connectivity index (χ4v) is 6.41. The number of alkyl halides is 4. The number of halogens is 4. The van der Waals surface area contributed by atoms with Crippen LogP contribution in [0.1, 0.15) is 25.7 Å². The van der Waals surface area contributed by atoms with E-state index in [-0.39, 0.29) is 29.6 Å². The summed E-state index contributed by atoms with van der Waals surface area (Å²) in [7, 11) is -6.39. The minimum absolute atomic E-state index is 0.0394. The molecule has 0 aliphatic heterocycles. The van der Waals surface area contributed by atoms with Crippen LogP contribution in [0.5, 0.6) is 0 Å². The lowest BCUT2D eigenvalue weighted by molar-refractivity contribution is -0.225. The molecular formula is C14H15F4O3S-. The van der Waals surface area contributed by atoms with Crippen LogP contribution in [0.25, 0.3) is 0 Å². The Labute approximate surface area is 125 Å². The topological polar surface area (TPSA) is 57.2 Å². The summed E-state index contributed by atoms with van der Waals surface area (Å²) in [4.78, 5) is 0. The van der Waals surface area contributed by atoms with Gasteiger partial charge in [0.05, 0.1) is 0 Å². The molecule has 0 radical (unpaired) electrons. The zero-order valence-electron chi connectivity index (χ0n) is 11.5. The molecule has 6 atom stereocenters. The lowest BCUT2D eigenvalue weighted by atomic mass is 9.43. The molecule has 0 aromatic heterocycles. The van der Waals surface area contributed by atoms with E-state index in [4.69, 9.17) is 0 Å². The average molecular weight is 339 g/mol. The maximum Gasteiger partial charge on any atom is 0.396 e. The van der Waals surface area contributed by atoms with Crippen LogP contribution < -0.4 is 0 Å². The van der Waals surface area contributed by atoms with Crippen molar-refractivity contribution in [2.24, 2.45) is 35.0 Å². The van der Waals surface area contributed by atoms with E-state index in [1.54, 1.807) is 0 Å². The van der Waals surface area contributed by atoms with Crippen LogP contribution in [0, 0.1) is 35.0 Å². The molecule has 0 heterocycles. The summed E-state index contributed by atoms with van der Waals surface area (Å²) in [6.07, 6.45) is 6.05. The van der Waals surface area contributed by atoms with Crippen molar-refractivity contribution in [3.05, 3.63) is 12.2 Å². The summed E-state index contributed by atoms with van der Waals surface area (Å²) >= 11 is 0. The maximum absolute atomic E-state index is 14.2. The number of rotatable bonds is 3. The Morgan fingerprint density at radius 2 is 1.86 bits per heavy atom. The number of hydrogen-bond acceptors (Lipinski definition) is 3. The monoisotopic (exact) mass is 339 g/mol. The zero-order chi connectivity index (χ0) is 16.1. The van der Waals surface area contributed by atoms with Crippen LogP contribution in [0.4, 0.5) is 17.6 Å². The van der Waals surface area contributed by atoms with Gasteiger partial charge >= 0.3 is 11.2 Å². The number of allylic oxidation sites excluding steroid dienone is 2. The summed E-state index contributed by atoms with van der Waals surface area (Å²) in [5.74, 6) is -7.12. The van der Waals surface area contributed by atoms with Crippen LogP contribution >= 0.6 is 0 Å². The van der Waals surface area contributed by atoms with Gasteiger partial charge in [0.25, 0.3) is 0 Å². The Morgan fingerprint density at radius 3 is 2.45 bits per heavy atom. The van der Waals surface area contributed by atoms with E-state index in [0.29, 0.717) is 6.42 Å². The van der Waals surface area contributed by atoms with Gasteiger partial charge in [0.1, 0.15) is 0 Å². The van der Waals surface area contributed by atoms with Gasteiger partial charge in [-0.3, -0.25) is 0 Å². The minimum Gasteiger partial charge on any atom is -0.743 e. The molecule has 0 amide bonds. The molecule has 0 aromatic rings. The van der Waals surface area contributed by atoms with Crippen LogP contribution in [0.3, 0.4) is 0 Å². The van der Waals surface area contributed by atoms with Gasteiger partial charge in [-0.15, -0.1) is 0 Å². The van der Waals surface area contributed by atoms with E-state index in [2.05, 4.69) is 0 Å². The normalized spacial score (nSPS) is 46.5. The Morgan fingerprint density at radius 1 is 1.18 bits per heavy atom. The Hall–Kier alpha value is -0.630. The Bertz CT molecular complexity index is 659. The van der Waals surface area contributed by atoms with E-state index in [1.807, 2.05) is 12.2 Å². The van der Waals surface area contributed by atoms with Crippen LogP contribution in [0.2, 0.25) is 0 Å². The summed E-state index contributed by atoms with van der Waals surface area (Å²) in [5, 5.41) is -5.54. The first-order valence-corrected chi connectivity index (χ1v) is 8.81. The molecule has 8 heteroatoms. The highest BCUT2D eigenvalue weighted by Crippen LogP contribution is 2.77. The van der Waals surface area contributed by atoms with Crippen LogP contribution in [0.15, 0.2) is 12.2 Å². The largest absolute Gasteiger partial charge is 0.743 e. The van der Waals surface area contributed by atoms with Crippen molar-refractivity contribution >= 4 is 10.1 Å². The molecule has 3 saturated carbocycles. The number of fused-ring (bicyclic) bond motifs is 2. The molecule has 4 aliphatic carbocycles. The SMILES string of the molecule is O=S(=O)([O-])C(F)(F)C(F)(F)C1CC2CC1C1C3C=CCC21C3. The van der Waals surface area contributed by atoms with Gasteiger partial charge < -0.3 is 4.55 Å². The Kier molecular flexibility index (Phi) is 2.63. The van der Waals surface area contributed by atoms with Crippen LogP contribution in [-0.2, 0) is 10.1 Å². The van der Waals surface area contributed by atoms with Gasteiger partial charge in [-0.05, 0) is 54.8 Å². The van der Waals surface area contributed by atoms with Gasteiger partial charge in [-0.25, -0.2) is 8.42 Å². The Balaban J connectivity index is 1.68. The molecule has 4 rings (SSSR count).